The topological polar surface area (TPSA) is 77.4 Å². The molecule has 2 atom stereocenters. The minimum Gasteiger partial charge on any atom is -0.748 e. The maximum atomic E-state index is 11.0. The smallest absolute Gasteiger partial charge is 0.748 e. The Morgan fingerprint density at radius 2 is 1.26 bits per heavy atom. The van der Waals surface area contributed by atoms with Gasteiger partial charge in [0.25, 0.3) is 0 Å². The fourth-order valence-electron chi connectivity index (χ4n) is 2.79. The van der Waals surface area contributed by atoms with Crippen molar-refractivity contribution in [2.45, 2.75) is 109 Å². The average molecular weight is 359 g/mol. The van der Waals surface area contributed by atoms with Gasteiger partial charge in [0, 0.05) is 5.25 Å². The third kappa shape index (κ3) is 16.1. The fraction of sp³-hybridized carbons (Fsp3) is 1.00. The van der Waals surface area contributed by atoms with Crippen LogP contribution in [0.2, 0.25) is 0 Å². The van der Waals surface area contributed by atoms with Gasteiger partial charge in [-0.25, -0.2) is 8.42 Å². The maximum Gasteiger partial charge on any atom is 1.00 e. The molecule has 4 nitrogen and oxygen atoms in total. The standard InChI is InChI=1S/C17H36O4S.Na/c1-3-5-6-7-8-9-10-13-16(18)14-11-12-15-17(4-2)22(19,20)21;/h16-18H,3-15H2,1-2H3,(H,19,20,21);/q;+1/p-1. The summed E-state index contributed by atoms with van der Waals surface area (Å²) in [7, 11) is -4.16. The van der Waals surface area contributed by atoms with E-state index in [2.05, 4.69) is 6.92 Å². The Balaban J connectivity index is 0. The van der Waals surface area contributed by atoms with Crippen LogP contribution in [0.5, 0.6) is 0 Å². The van der Waals surface area contributed by atoms with Crippen molar-refractivity contribution in [2.24, 2.45) is 0 Å². The Morgan fingerprint density at radius 3 is 1.74 bits per heavy atom. The van der Waals surface area contributed by atoms with Crippen LogP contribution < -0.4 is 29.6 Å². The molecule has 0 amide bonds. The van der Waals surface area contributed by atoms with Gasteiger partial charge in [-0.05, 0) is 25.7 Å². The van der Waals surface area contributed by atoms with Crippen molar-refractivity contribution in [2.75, 3.05) is 0 Å². The molecule has 134 valence electrons. The molecule has 0 aromatic rings. The minimum atomic E-state index is -4.16. The first-order valence-electron chi connectivity index (χ1n) is 9.04. The minimum absolute atomic E-state index is 0. The fourth-order valence-corrected chi connectivity index (χ4v) is 3.65. The molecule has 1 N–H and O–H groups in total. The van der Waals surface area contributed by atoms with E-state index >= 15 is 0 Å². The van der Waals surface area contributed by atoms with E-state index in [1.165, 1.54) is 38.5 Å². The Hall–Kier alpha value is 0.870. The van der Waals surface area contributed by atoms with Crippen LogP contribution in [0, 0.1) is 0 Å². The van der Waals surface area contributed by atoms with E-state index in [1.807, 2.05) is 0 Å². The van der Waals surface area contributed by atoms with E-state index in [9.17, 15) is 18.1 Å². The number of hydrogen-bond donors (Lipinski definition) is 1. The molecule has 0 aromatic heterocycles. The Bertz CT molecular complexity index is 347. The molecular formula is C17H35NaO4S. The zero-order valence-electron chi connectivity index (χ0n) is 15.4. The van der Waals surface area contributed by atoms with Gasteiger partial charge in [-0.15, -0.1) is 0 Å². The Labute approximate surface area is 165 Å². The molecule has 0 aromatic carbocycles. The second-order valence-corrected chi connectivity index (χ2v) is 8.02. The molecule has 0 bridgehead atoms. The number of aliphatic hydroxyl groups excluding tert-OH is 1. The largest absolute Gasteiger partial charge is 1.00 e. The van der Waals surface area contributed by atoms with Gasteiger partial charge in [-0.3, -0.25) is 0 Å². The van der Waals surface area contributed by atoms with Gasteiger partial charge in [0.1, 0.15) is 0 Å². The van der Waals surface area contributed by atoms with Crippen LogP contribution in [-0.4, -0.2) is 29.4 Å². The molecule has 0 heterocycles. The molecule has 0 aliphatic carbocycles. The first kappa shape index (κ1) is 26.1. The number of hydrogen-bond acceptors (Lipinski definition) is 4. The zero-order valence-corrected chi connectivity index (χ0v) is 18.2. The monoisotopic (exact) mass is 358 g/mol. The van der Waals surface area contributed by atoms with Crippen molar-refractivity contribution >= 4 is 10.1 Å². The van der Waals surface area contributed by atoms with E-state index in [-0.39, 0.29) is 35.7 Å². The van der Waals surface area contributed by atoms with Crippen molar-refractivity contribution < 1.29 is 47.6 Å². The molecular weight excluding hydrogens is 323 g/mol. The summed E-state index contributed by atoms with van der Waals surface area (Å²) in [6.07, 6.45) is 12.3. The second-order valence-electron chi connectivity index (χ2n) is 6.37. The van der Waals surface area contributed by atoms with Crippen LogP contribution in [-0.2, 0) is 10.1 Å². The van der Waals surface area contributed by atoms with Crippen LogP contribution in [0.15, 0.2) is 0 Å². The number of aliphatic hydroxyl groups is 1. The van der Waals surface area contributed by atoms with Crippen molar-refractivity contribution in [1.29, 1.82) is 0 Å². The summed E-state index contributed by atoms with van der Waals surface area (Å²) >= 11 is 0. The van der Waals surface area contributed by atoms with E-state index < -0.39 is 15.4 Å². The molecule has 6 heteroatoms. The summed E-state index contributed by atoms with van der Waals surface area (Å²) in [5.41, 5.74) is 0. The van der Waals surface area contributed by atoms with Crippen molar-refractivity contribution in [3.8, 4) is 0 Å². The van der Waals surface area contributed by atoms with Crippen LogP contribution in [0.3, 0.4) is 0 Å². The number of rotatable bonds is 15. The SMILES string of the molecule is CCCCCCCCCC(O)CCCCC(CC)S(=O)(=O)[O-].[Na+]. The van der Waals surface area contributed by atoms with E-state index in [0.717, 1.165) is 19.3 Å². The summed E-state index contributed by atoms with van der Waals surface area (Å²) in [5.74, 6) is 0. The summed E-state index contributed by atoms with van der Waals surface area (Å²) in [6.45, 7) is 3.95. The maximum absolute atomic E-state index is 11.0. The molecule has 0 rings (SSSR count). The zero-order chi connectivity index (χ0) is 16.8. The van der Waals surface area contributed by atoms with Crippen LogP contribution >= 0.6 is 0 Å². The molecule has 0 saturated heterocycles. The normalized spacial score (nSPS) is 14.3. The van der Waals surface area contributed by atoms with Crippen LogP contribution in [0.25, 0.3) is 0 Å². The first-order chi connectivity index (χ1) is 10.4. The van der Waals surface area contributed by atoms with Crippen LogP contribution in [0.4, 0.5) is 0 Å². The second kappa shape index (κ2) is 16.3. The van der Waals surface area contributed by atoms with E-state index in [1.54, 1.807) is 6.92 Å². The van der Waals surface area contributed by atoms with Crippen molar-refractivity contribution in [1.82, 2.24) is 0 Å². The average Bonchev–Trinajstić information content (AvgIpc) is 2.45. The van der Waals surface area contributed by atoms with E-state index in [4.69, 9.17) is 0 Å². The molecule has 0 fully saturated rings. The molecule has 0 radical (unpaired) electrons. The third-order valence-electron chi connectivity index (χ3n) is 4.32. The summed E-state index contributed by atoms with van der Waals surface area (Å²) in [6, 6.07) is 0. The van der Waals surface area contributed by atoms with Crippen molar-refractivity contribution in [3.05, 3.63) is 0 Å². The molecule has 23 heavy (non-hydrogen) atoms. The summed E-state index contributed by atoms with van der Waals surface area (Å²) < 4.78 is 32.9. The molecule has 0 aliphatic rings. The Morgan fingerprint density at radius 1 is 0.826 bits per heavy atom. The van der Waals surface area contributed by atoms with Gasteiger partial charge in [-0.1, -0.05) is 71.6 Å². The predicted molar refractivity (Wildman–Crippen MR) is 90.9 cm³/mol. The Kier molecular flexibility index (Phi) is 18.5. The van der Waals surface area contributed by atoms with Gasteiger partial charge in [0.15, 0.2) is 0 Å². The quantitative estimate of drug-likeness (QED) is 0.272. The van der Waals surface area contributed by atoms with Crippen LogP contribution in [0.1, 0.15) is 97.3 Å². The summed E-state index contributed by atoms with van der Waals surface area (Å²) in [5, 5.41) is 9.14. The van der Waals surface area contributed by atoms with E-state index in [0.29, 0.717) is 25.7 Å². The van der Waals surface area contributed by atoms with Gasteiger partial charge < -0.3 is 9.66 Å². The summed E-state index contributed by atoms with van der Waals surface area (Å²) in [4.78, 5) is 0. The van der Waals surface area contributed by atoms with Gasteiger partial charge in [-0.2, -0.15) is 0 Å². The van der Waals surface area contributed by atoms with Gasteiger partial charge in [0.05, 0.1) is 16.2 Å². The molecule has 0 aliphatic heterocycles. The number of unbranched alkanes of at least 4 members (excludes halogenated alkanes) is 7. The van der Waals surface area contributed by atoms with Crippen molar-refractivity contribution in [3.63, 3.8) is 0 Å². The molecule has 2 unspecified atom stereocenters. The van der Waals surface area contributed by atoms with Gasteiger partial charge >= 0.3 is 29.6 Å². The van der Waals surface area contributed by atoms with Gasteiger partial charge in [0.2, 0.25) is 0 Å². The first-order valence-corrected chi connectivity index (χ1v) is 10.5. The molecule has 0 spiro atoms. The molecule has 0 saturated carbocycles. The predicted octanol–water partition coefficient (Wildman–Crippen LogP) is 1.38. The third-order valence-corrected chi connectivity index (χ3v) is 5.70.